The third-order valence-corrected chi connectivity index (χ3v) is 5.37. The summed E-state index contributed by atoms with van der Waals surface area (Å²) in [6.45, 7) is 0. The zero-order chi connectivity index (χ0) is 22.7. The van der Waals surface area contributed by atoms with Crippen molar-refractivity contribution in [1.82, 2.24) is 15.0 Å². The molecular weight excluding hydrogens is 425 g/mol. The lowest BCUT2D eigenvalue weighted by Crippen LogP contribution is -2.37. The largest absolute Gasteiger partial charge is 0.867 e. The maximum atomic E-state index is 6.02. The fraction of sp³-hybridized carbons (Fsp3) is 0. The summed E-state index contributed by atoms with van der Waals surface area (Å²) < 4.78 is 18.1. The van der Waals surface area contributed by atoms with Gasteiger partial charge < -0.3 is 14.0 Å². The minimum absolute atomic E-state index is 0.366. The monoisotopic (exact) mass is 443 g/mol. The summed E-state index contributed by atoms with van der Waals surface area (Å²) in [5.74, 6) is 1.10. The smallest absolute Gasteiger partial charge is 0.474 e. The molecule has 0 saturated heterocycles. The Labute approximate surface area is 196 Å². The first-order valence-electron chi connectivity index (χ1n) is 10.9. The molecule has 6 rings (SSSR count). The van der Waals surface area contributed by atoms with Crippen LogP contribution in [0.4, 0.5) is 0 Å². The predicted octanol–water partition coefficient (Wildman–Crippen LogP) is 5.85. The molecule has 0 aliphatic carbocycles. The van der Waals surface area contributed by atoms with E-state index in [1.807, 2.05) is 91.0 Å². The minimum atomic E-state index is -1.16. The third kappa shape index (κ3) is 4.19. The number of benzene rings is 3. The van der Waals surface area contributed by atoms with Gasteiger partial charge in [0.1, 0.15) is 0 Å². The molecule has 7 heteroatoms. The summed E-state index contributed by atoms with van der Waals surface area (Å²) in [6, 6.07) is 34.6. The molecule has 3 aromatic heterocycles. The lowest BCUT2D eigenvalue weighted by Gasteiger charge is -2.15. The highest BCUT2D eigenvalue weighted by Crippen LogP contribution is 2.22. The van der Waals surface area contributed by atoms with Crippen molar-refractivity contribution >= 4 is 40.0 Å². The van der Waals surface area contributed by atoms with Crippen LogP contribution in [-0.4, -0.2) is 22.3 Å². The van der Waals surface area contributed by atoms with Gasteiger partial charge in [-0.05, 0) is 54.6 Å². The van der Waals surface area contributed by atoms with Crippen LogP contribution in [0.2, 0.25) is 0 Å². The number of para-hydroxylation sites is 3. The van der Waals surface area contributed by atoms with Crippen LogP contribution in [0.15, 0.2) is 109 Å². The highest BCUT2D eigenvalue weighted by molar-refractivity contribution is 6.39. The van der Waals surface area contributed by atoms with E-state index < -0.39 is 7.32 Å². The van der Waals surface area contributed by atoms with Gasteiger partial charge >= 0.3 is 7.32 Å². The molecule has 3 aromatic carbocycles. The first kappa shape index (κ1) is 20.0. The van der Waals surface area contributed by atoms with Crippen molar-refractivity contribution in [2.45, 2.75) is 0 Å². The van der Waals surface area contributed by atoms with Crippen molar-refractivity contribution in [2.24, 2.45) is 0 Å². The van der Waals surface area contributed by atoms with Gasteiger partial charge in [-0.1, -0.05) is 54.6 Å². The number of fused-ring (bicyclic) bond motifs is 3. The van der Waals surface area contributed by atoms with E-state index in [4.69, 9.17) is 14.0 Å². The number of pyridine rings is 3. The molecule has 0 N–H and O–H groups in total. The second kappa shape index (κ2) is 8.71. The van der Waals surface area contributed by atoms with Crippen molar-refractivity contribution in [3.63, 3.8) is 0 Å². The molecule has 0 atom stereocenters. The molecule has 3 heterocycles. The summed E-state index contributed by atoms with van der Waals surface area (Å²) in [7, 11) is -1.16. The van der Waals surface area contributed by atoms with E-state index in [9.17, 15) is 0 Å². The van der Waals surface area contributed by atoms with E-state index in [2.05, 4.69) is 15.0 Å². The Balaban J connectivity index is 1.33. The Morgan fingerprint density at radius 3 is 1.06 bits per heavy atom. The Morgan fingerprint density at radius 1 is 0.382 bits per heavy atom. The molecule has 0 bridgehead atoms. The maximum absolute atomic E-state index is 6.02. The van der Waals surface area contributed by atoms with E-state index in [0.29, 0.717) is 17.6 Å². The van der Waals surface area contributed by atoms with E-state index in [0.717, 1.165) is 32.7 Å². The Hall–Kier alpha value is -4.65. The second-order valence-electron chi connectivity index (χ2n) is 7.67. The molecule has 0 radical (unpaired) electrons. The second-order valence-corrected chi connectivity index (χ2v) is 7.67. The molecule has 6 nitrogen and oxygen atoms in total. The standard InChI is InChI=1S/C27H18BN3O3/c1-4-10-22-19(7-1)13-16-25(29-22)32-28(33-26-17-14-20-8-2-5-11-23(20)30-26)34-27-18-15-21-9-3-6-12-24(21)31-27/h1-18H. The number of hydrogen-bond donors (Lipinski definition) is 0. The SMILES string of the molecule is c1ccc2nc(OB(Oc3ccc4ccccc4n3)Oc3ccc4ccccc4n3)ccc2c1. The quantitative estimate of drug-likeness (QED) is 0.301. The fourth-order valence-electron chi connectivity index (χ4n) is 3.71. The molecule has 34 heavy (non-hydrogen) atoms. The van der Waals surface area contributed by atoms with E-state index >= 15 is 0 Å². The summed E-state index contributed by atoms with van der Waals surface area (Å²) in [5.41, 5.74) is 2.43. The van der Waals surface area contributed by atoms with Gasteiger partial charge in [0, 0.05) is 16.2 Å². The van der Waals surface area contributed by atoms with E-state index in [-0.39, 0.29) is 0 Å². The lowest BCUT2D eigenvalue weighted by atomic mass is 10.2. The Morgan fingerprint density at radius 2 is 0.706 bits per heavy atom. The van der Waals surface area contributed by atoms with Gasteiger partial charge in [0.25, 0.3) is 0 Å². The van der Waals surface area contributed by atoms with Gasteiger partial charge in [-0.3, -0.25) is 0 Å². The Bertz CT molecular complexity index is 1430. The zero-order valence-electron chi connectivity index (χ0n) is 18.0. The zero-order valence-corrected chi connectivity index (χ0v) is 18.0. The molecule has 6 aromatic rings. The van der Waals surface area contributed by atoms with Crippen LogP contribution in [0.25, 0.3) is 32.7 Å². The van der Waals surface area contributed by atoms with Gasteiger partial charge in [-0.2, -0.15) is 0 Å². The number of aromatic nitrogens is 3. The molecular formula is C27H18BN3O3. The number of nitrogens with zero attached hydrogens (tertiary/aromatic N) is 3. The Kier molecular flexibility index (Phi) is 5.12. The number of hydrogen-bond acceptors (Lipinski definition) is 6. The van der Waals surface area contributed by atoms with Crippen molar-refractivity contribution < 1.29 is 14.0 Å². The van der Waals surface area contributed by atoms with Crippen LogP contribution in [0.3, 0.4) is 0 Å². The third-order valence-electron chi connectivity index (χ3n) is 5.37. The predicted molar refractivity (Wildman–Crippen MR) is 133 cm³/mol. The van der Waals surface area contributed by atoms with Crippen LogP contribution in [0, 0.1) is 0 Å². The van der Waals surface area contributed by atoms with E-state index in [1.54, 1.807) is 18.2 Å². The molecule has 0 unspecified atom stereocenters. The highest BCUT2D eigenvalue weighted by Gasteiger charge is 2.32. The molecule has 0 fully saturated rings. The van der Waals surface area contributed by atoms with Crippen LogP contribution >= 0.6 is 0 Å². The van der Waals surface area contributed by atoms with Crippen LogP contribution < -0.4 is 14.0 Å². The van der Waals surface area contributed by atoms with Gasteiger partial charge in [-0.15, -0.1) is 0 Å². The molecule has 0 aliphatic heterocycles. The molecule has 0 saturated carbocycles. The lowest BCUT2D eigenvalue weighted by molar-refractivity contribution is 0.294. The topological polar surface area (TPSA) is 66.4 Å². The van der Waals surface area contributed by atoms with Crippen LogP contribution in [0.5, 0.6) is 17.6 Å². The van der Waals surface area contributed by atoms with Crippen molar-refractivity contribution in [2.75, 3.05) is 0 Å². The molecule has 0 spiro atoms. The molecule has 0 amide bonds. The van der Waals surface area contributed by atoms with Crippen molar-refractivity contribution in [3.05, 3.63) is 109 Å². The van der Waals surface area contributed by atoms with Crippen molar-refractivity contribution in [1.29, 1.82) is 0 Å². The normalized spacial score (nSPS) is 10.9. The minimum Gasteiger partial charge on any atom is -0.474 e. The van der Waals surface area contributed by atoms with Gasteiger partial charge in [0.15, 0.2) is 0 Å². The summed E-state index contributed by atoms with van der Waals surface area (Å²) in [6.07, 6.45) is 0. The van der Waals surface area contributed by atoms with E-state index in [1.165, 1.54) is 0 Å². The summed E-state index contributed by atoms with van der Waals surface area (Å²) in [5, 5.41) is 3.04. The fourth-order valence-corrected chi connectivity index (χ4v) is 3.71. The summed E-state index contributed by atoms with van der Waals surface area (Å²) >= 11 is 0. The average Bonchev–Trinajstić information content (AvgIpc) is 2.88. The van der Waals surface area contributed by atoms with Gasteiger partial charge in [-0.25, -0.2) is 15.0 Å². The molecule has 162 valence electrons. The average molecular weight is 443 g/mol. The molecule has 0 aliphatic rings. The highest BCUT2D eigenvalue weighted by atomic mass is 16.7. The van der Waals surface area contributed by atoms with Gasteiger partial charge in [0.2, 0.25) is 17.6 Å². The van der Waals surface area contributed by atoms with Crippen LogP contribution in [0.1, 0.15) is 0 Å². The van der Waals surface area contributed by atoms with Crippen LogP contribution in [-0.2, 0) is 0 Å². The van der Waals surface area contributed by atoms with Crippen molar-refractivity contribution in [3.8, 4) is 17.6 Å². The maximum Gasteiger partial charge on any atom is 0.867 e. The number of rotatable bonds is 6. The summed E-state index contributed by atoms with van der Waals surface area (Å²) in [4.78, 5) is 13.7. The van der Waals surface area contributed by atoms with Gasteiger partial charge in [0.05, 0.1) is 16.6 Å². The first-order chi connectivity index (χ1) is 16.8. The first-order valence-corrected chi connectivity index (χ1v) is 10.9.